The SMILES string of the molecule is N#Cc1cccnc1N1CCN(c2cc(Cl)nc(N)n2)CC1. The Morgan fingerprint density at radius 3 is 2.59 bits per heavy atom. The van der Waals surface area contributed by atoms with E-state index in [1.165, 1.54) is 0 Å². The van der Waals surface area contributed by atoms with Crippen molar-refractivity contribution in [3.8, 4) is 6.07 Å². The Kier molecular flexibility index (Phi) is 3.94. The molecule has 2 aromatic rings. The van der Waals surface area contributed by atoms with Crippen LogP contribution in [0, 0.1) is 11.3 Å². The van der Waals surface area contributed by atoms with Crippen molar-refractivity contribution in [2.75, 3.05) is 41.7 Å². The zero-order chi connectivity index (χ0) is 15.5. The fourth-order valence-electron chi connectivity index (χ4n) is 2.47. The van der Waals surface area contributed by atoms with Crippen molar-refractivity contribution in [1.29, 1.82) is 5.26 Å². The molecule has 112 valence electrons. The quantitative estimate of drug-likeness (QED) is 0.835. The molecule has 0 spiro atoms. The monoisotopic (exact) mass is 315 g/mol. The Hall–Kier alpha value is -2.59. The van der Waals surface area contributed by atoms with Crippen LogP contribution in [0.4, 0.5) is 17.6 Å². The van der Waals surface area contributed by atoms with Crippen molar-refractivity contribution in [2.45, 2.75) is 0 Å². The molecule has 2 aromatic heterocycles. The maximum atomic E-state index is 9.17. The van der Waals surface area contributed by atoms with Gasteiger partial charge in [0.1, 0.15) is 22.9 Å². The van der Waals surface area contributed by atoms with Crippen LogP contribution in [-0.4, -0.2) is 41.1 Å². The summed E-state index contributed by atoms with van der Waals surface area (Å²) in [6, 6.07) is 7.43. The molecule has 3 heterocycles. The first kappa shape index (κ1) is 14.4. The topological polar surface area (TPSA) is 95.0 Å². The molecule has 0 radical (unpaired) electrons. The Balaban J connectivity index is 1.74. The first-order chi connectivity index (χ1) is 10.7. The van der Waals surface area contributed by atoms with Gasteiger partial charge in [0, 0.05) is 38.4 Å². The highest BCUT2D eigenvalue weighted by Crippen LogP contribution is 2.22. The summed E-state index contributed by atoms with van der Waals surface area (Å²) in [5, 5.41) is 9.50. The van der Waals surface area contributed by atoms with Crippen LogP contribution in [0.2, 0.25) is 5.15 Å². The fraction of sp³-hybridized carbons (Fsp3) is 0.286. The number of anilines is 3. The average molecular weight is 316 g/mol. The second-order valence-corrected chi connectivity index (χ2v) is 5.25. The number of piperazine rings is 1. The fourth-order valence-corrected chi connectivity index (χ4v) is 2.65. The van der Waals surface area contributed by atoms with Gasteiger partial charge in [0.05, 0.1) is 5.56 Å². The van der Waals surface area contributed by atoms with Crippen LogP contribution >= 0.6 is 11.6 Å². The summed E-state index contributed by atoms with van der Waals surface area (Å²) in [6.45, 7) is 2.98. The van der Waals surface area contributed by atoms with E-state index in [0.29, 0.717) is 10.7 Å². The molecule has 2 N–H and O–H groups in total. The molecule has 8 heteroatoms. The lowest BCUT2D eigenvalue weighted by molar-refractivity contribution is 0.641. The normalized spacial score (nSPS) is 14.7. The van der Waals surface area contributed by atoms with E-state index >= 15 is 0 Å². The zero-order valence-electron chi connectivity index (χ0n) is 11.8. The molecule has 0 aromatic carbocycles. The van der Waals surface area contributed by atoms with Gasteiger partial charge in [-0.25, -0.2) is 9.97 Å². The van der Waals surface area contributed by atoms with Crippen molar-refractivity contribution in [1.82, 2.24) is 15.0 Å². The van der Waals surface area contributed by atoms with Crippen LogP contribution < -0.4 is 15.5 Å². The summed E-state index contributed by atoms with van der Waals surface area (Å²) in [5.41, 5.74) is 6.22. The van der Waals surface area contributed by atoms with Gasteiger partial charge in [0.2, 0.25) is 5.95 Å². The molecule has 1 fully saturated rings. The highest BCUT2D eigenvalue weighted by Gasteiger charge is 2.21. The van der Waals surface area contributed by atoms with Gasteiger partial charge in [-0.2, -0.15) is 10.2 Å². The highest BCUT2D eigenvalue weighted by atomic mass is 35.5. The van der Waals surface area contributed by atoms with Crippen LogP contribution in [0.5, 0.6) is 0 Å². The molecule has 1 aliphatic heterocycles. The van der Waals surface area contributed by atoms with Gasteiger partial charge in [-0.15, -0.1) is 0 Å². The second-order valence-electron chi connectivity index (χ2n) is 4.87. The molecule has 0 saturated carbocycles. The predicted molar refractivity (Wildman–Crippen MR) is 84.8 cm³/mol. The van der Waals surface area contributed by atoms with E-state index in [9.17, 15) is 0 Å². The van der Waals surface area contributed by atoms with Crippen LogP contribution in [-0.2, 0) is 0 Å². The van der Waals surface area contributed by atoms with Crippen LogP contribution in [0.1, 0.15) is 5.56 Å². The average Bonchev–Trinajstić information content (AvgIpc) is 2.54. The standard InChI is InChI=1S/C14H14ClN7/c15-11-8-12(20-14(17)19-11)21-4-6-22(7-5-21)13-10(9-16)2-1-3-18-13/h1-3,8H,4-7H2,(H2,17,19,20). The molecule has 1 saturated heterocycles. The van der Waals surface area contributed by atoms with Gasteiger partial charge in [-0.3, -0.25) is 0 Å². The molecular weight excluding hydrogens is 302 g/mol. The van der Waals surface area contributed by atoms with E-state index in [1.807, 2.05) is 0 Å². The second kappa shape index (κ2) is 6.03. The summed E-state index contributed by atoms with van der Waals surface area (Å²) in [6.07, 6.45) is 1.70. The van der Waals surface area contributed by atoms with Crippen LogP contribution in [0.25, 0.3) is 0 Å². The highest BCUT2D eigenvalue weighted by molar-refractivity contribution is 6.29. The number of hydrogen-bond acceptors (Lipinski definition) is 7. The number of hydrogen-bond donors (Lipinski definition) is 1. The lowest BCUT2D eigenvalue weighted by Crippen LogP contribution is -2.47. The van der Waals surface area contributed by atoms with Crippen molar-refractivity contribution < 1.29 is 0 Å². The molecule has 1 aliphatic rings. The van der Waals surface area contributed by atoms with Crippen LogP contribution in [0.15, 0.2) is 24.4 Å². The maximum absolute atomic E-state index is 9.17. The van der Waals surface area contributed by atoms with Gasteiger partial charge >= 0.3 is 0 Å². The van der Waals surface area contributed by atoms with E-state index < -0.39 is 0 Å². The van der Waals surface area contributed by atoms with E-state index in [-0.39, 0.29) is 5.95 Å². The van der Waals surface area contributed by atoms with Gasteiger partial charge in [-0.05, 0) is 12.1 Å². The Labute approximate surface area is 133 Å². The molecule has 22 heavy (non-hydrogen) atoms. The van der Waals surface area contributed by atoms with Gasteiger partial charge < -0.3 is 15.5 Å². The van der Waals surface area contributed by atoms with Crippen LogP contribution in [0.3, 0.4) is 0 Å². The number of nitrogens with zero attached hydrogens (tertiary/aromatic N) is 6. The summed E-state index contributed by atoms with van der Waals surface area (Å²) in [5.74, 6) is 1.62. The number of pyridine rings is 1. The number of nitrogens with two attached hydrogens (primary N) is 1. The molecular formula is C14H14ClN7. The van der Waals surface area contributed by atoms with Crippen molar-refractivity contribution in [2.24, 2.45) is 0 Å². The smallest absolute Gasteiger partial charge is 0.223 e. The molecule has 0 atom stereocenters. The third-order valence-corrected chi connectivity index (χ3v) is 3.70. The number of nitrogen functional groups attached to an aromatic ring is 1. The first-order valence-corrected chi connectivity index (χ1v) is 7.20. The third-order valence-electron chi connectivity index (χ3n) is 3.51. The van der Waals surface area contributed by atoms with E-state index in [0.717, 1.165) is 37.8 Å². The largest absolute Gasteiger partial charge is 0.368 e. The van der Waals surface area contributed by atoms with Crippen molar-refractivity contribution in [3.05, 3.63) is 35.1 Å². The lowest BCUT2D eigenvalue weighted by Gasteiger charge is -2.36. The summed E-state index contributed by atoms with van der Waals surface area (Å²) >= 11 is 5.92. The lowest BCUT2D eigenvalue weighted by atomic mass is 10.2. The molecule has 0 amide bonds. The minimum atomic E-state index is 0.168. The molecule has 7 nitrogen and oxygen atoms in total. The van der Waals surface area contributed by atoms with E-state index in [2.05, 4.69) is 30.8 Å². The number of halogens is 1. The number of rotatable bonds is 2. The Bertz CT molecular complexity index is 699. The predicted octanol–water partition coefficient (Wildman–Crippen LogP) is 1.31. The summed E-state index contributed by atoms with van der Waals surface area (Å²) in [4.78, 5) is 16.6. The molecule has 0 aliphatic carbocycles. The Morgan fingerprint density at radius 2 is 1.91 bits per heavy atom. The van der Waals surface area contributed by atoms with Gasteiger partial charge in [-0.1, -0.05) is 11.6 Å². The van der Waals surface area contributed by atoms with E-state index in [1.54, 1.807) is 24.4 Å². The molecule has 3 rings (SSSR count). The summed E-state index contributed by atoms with van der Waals surface area (Å²) in [7, 11) is 0. The van der Waals surface area contributed by atoms with Gasteiger partial charge in [0.15, 0.2) is 0 Å². The third kappa shape index (κ3) is 2.87. The van der Waals surface area contributed by atoms with Crippen molar-refractivity contribution >= 4 is 29.2 Å². The van der Waals surface area contributed by atoms with Crippen molar-refractivity contribution in [3.63, 3.8) is 0 Å². The first-order valence-electron chi connectivity index (χ1n) is 6.82. The molecule has 0 bridgehead atoms. The van der Waals surface area contributed by atoms with E-state index in [4.69, 9.17) is 22.6 Å². The zero-order valence-corrected chi connectivity index (χ0v) is 12.5. The number of nitriles is 1. The summed E-state index contributed by atoms with van der Waals surface area (Å²) < 4.78 is 0. The maximum Gasteiger partial charge on any atom is 0.223 e. The Morgan fingerprint density at radius 1 is 1.18 bits per heavy atom. The molecule has 0 unspecified atom stereocenters. The minimum absolute atomic E-state index is 0.168. The number of aromatic nitrogens is 3. The van der Waals surface area contributed by atoms with Gasteiger partial charge in [0.25, 0.3) is 0 Å². The minimum Gasteiger partial charge on any atom is -0.368 e.